The molecular formula is C26H36F2O6. The molecule has 0 amide bonds. The first-order valence-corrected chi connectivity index (χ1v) is 12.3. The Kier molecular flexibility index (Phi) is 7.50. The molecule has 0 aromatic heterocycles. The molecule has 4 fully saturated rings. The number of ether oxygens (including phenoxy) is 5. The summed E-state index contributed by atoms with van der Waals surface area (Å²) in [6.07, 6.45) is 5.97. The van der Waals surface area contributed by atoms with Gasteiger partial charge < -0.3 is 23.7 Å². The maximum absolute atomic E-state index is 14.5. The van der Waals surface area contributed by atoms with E-state index in [-0.39, 0.29) is 23.7 Å². The van der Waals surface area contributed by atoms with E-state index < -0.39 is 29.1 Å². The first-order chi connectivity index (χ1) is 16.1. The van der Waals surface area contributed by atoms with Crippen LogP contribution in [-0.2, 0) is 29.3 Å². The molecule has 1 aliphatic carbocycles. The second kappa shape index (κ2) is 10.1. The molecule has 0 spiro atoms. The van der Waals surface area contributed by atoms with Gasteiger partial charge in [0.05, 0.1) is 18.8 Å². The van der Waals surface area contributed by atoms with E-state index in [1.165, 1.54) is 6.07 Å². The zero-order valence-electron chi connectivity index (χ0n) is 20.4. The Labute approximate surface area is 200 Å². The van der Waals surface area contributed by atoms with Crippen molar-refractivity contribution >= 4 is 5.97 Å². The fraction of sp³-hybridized carbons (Fsp3) is 0.731. The fourth-order valence-electron chi connectivity index (χ4n) is 5.13. The van der Waals surface area contributed by atoms with Crippen molar-refractivity contribution in [1.82, 2.24) is 0 Å². The molecule has 1 aromatic rings. The van der Waals surface area contributed by atoms with Crippen molar-refractivity contribution in [3.8, 4) is 5.75 Å². The Morgan fingerprint density at radius 1 is 1.15 bits per heavy atom. The Hall–Kier alpha value is -1.77. The van der Waals surface area contributed by atoms with Crippen molar-refractivity contribution in [3.63, 3.8) is 0 Å². The second-order valence-electron chi connectivity index (χ2n) is 10.9. The smallest absolute Gasteiger partial charge is 0.332 e. The number of hydrogen-bond acceptors (Lipinski definition) is 6. The van der Waals surface area contributed by atoms with Crippen molar-refractivity contribution in [1.29, 1.82) is 0 Å². The van der Waals surface area contributed by atoms with Gasteiger partial charge in [0.15, 0.2) is 17.9 Å². The maximum Gasteiger partial charge on any atom is 0.332 e. The first kappa shape index (κ1) is 25.3. The van der Waals surface area contributed by atoms with E-state index in [1.54, 1.807) is 6.07 Å². The molecule has 3 heterocycles. The van der Waals surface area contributed by atoms with Gasteiger partial charge in [0.1, 0.15) is 12.2 Å². The van der Waals surface area contributed by atoms with Gasteiger partial charge in [-0.1, -0.05) is 0 Å². The number of carbonyl (C=O) groups excluding carboxylic acids is 1. The molecule has 1 atom stereocenters. The molecule has 2 bridgehead atoms. The summed E-state index contributed by atoms with van der Waals surface area (Å²) in [6, 6.07) is 2.82. The number of carbonyl (C=O) groups is 1. The Balaban J connectivity index is 1.34. The monoisotopic (exact) mass is 482 g/mol. The van der Waals surface area contributed by atoms with Crippen molar-refractivity contribution in [2.24, 2.45) is 5.41 Å². The highest BCUT2D eigenvalue weighted by Gasteiger charge is 2.50. The van der Waals surface area contributed by atoms with Crippen LogP contribution in [0.1, 0.15) is 77.7 Å². The zero-order valence-corrected chi connectivity index (χ0v) is 20.4. The molecule has 5 rings (SSSR count). The van der Waals surface area contributed by atoms with Crippen LogP contribution in [0, 0.1) is 17.0 Å². The Bertz CT molecular complexity index is 850. The molecule has 0 radical (unpaired) electrons. The summed E-state index contributed by atoms with van der Waals surface area (Å²) in [4.78, 5) is 11.8. The molecule has 1 unspecified atom stereocenters. The molecule has 1 aromatic carbocycles. The van der Waals surface area contributed by atoms with E-state index >= 15 is 0 Å². The summed E-state index contributed by atoms with van der Waals surface area (Å²) in [5, 5.41) is 0. The van der Waals surface area contributed by atoms with Gasteiger partial charge in [-0.15, -0.1) is 0 Å². The Morgan fingerprint density at radius 2 is 1.91 bits per heavy atom. The van der Waals surface area contributed by atoms with Gasteiger partial charge in [-0.2, -0.15) is 4.39 Å². The third-order valence-electron chi connectivity index (χ3n) is 7.11. The lowest BCUT2D eigenvalue weighted by Gasteiger charge is -2.53. The SMILES string of the molecule is CC(C)(C)OC(=O)COCCC12CCC(c3cc(F)c(F)c(OC4CCCCO4)c3)(CC1)OC2. The van der Waals surface area contributed by atoms with Crippen molar-refractivity contribution in [3.05, 3.63) is 29.3 Å². The van der Waals surface area contributed by atoms with Gasteiger partial charge >= 0.3 is 5.97 Å². The van der Waals surface area contributed by atoms with Gasteiger partial charge in [-0.05, 0) is 88.8 Å². The molecular weight excluding hydrogens is 446 g/mol. The molecule has 3 saturated heterocycles. The summed E-state index contributed by atoms with van der Waals surface area (Å²) in [7, 11) is 0. The van der Waals surface area contributed by atoms with Crippen LogP contribution in [0.2, 0.25) is 0 Å². The number of esters is 1. The van der Waals surface area contributed by atoms with Gasteiger partial charge in [-0.3, -0.25) is 0 Å². The van der Waals surface area contributed by atoms with Gasteiger partial charge in [0.25, 0.3) is 0 Å². The summed E-state index contributed by atoms with van der Waals surface area (Å²) in [5.41, 5.74) is -0.577. The number of hydrogen-bond donors (Lipinski definition) is 0. The number of benzene rings is 1. The molecule has 4 aliphatic rings. The molecule has 3 aliphatic heterocycles. The van der Waals surface area contributed by atoms with Gasteiger partial charge in [-0.25, -0.2) is 9.18 Å². The number of halogens is 2. The molecule has 0 N–H and O–H groups in total. The normalized spacial score (nSPS) is 29.1. The molecule has 1 saturated carbocycles. The number of rotatable bonds is 8. The van der Waals surface area contributed by atoms with Crippen LogP contribution in [0.5, 0.6) is 5.75 Å². The largest absolute Gasteiger partial charge is 0.462 e. The van der Waals surface area contributed by atoms with Crippen LogP contribution in [0.4, 0.5) is 8.78 Å². The minimum atomic E-state index is -0.988. The summed E-state index contributed by atoms with van der Waals surface area (Å²) < 4.78 is 57.4. The van der Waals surface area contributed by atoms with Crippen LogP contribution in [0.15, 0.2) is 12.1 Å². The topological polar surface area (TPSA) is 63.2 Å². The lowest BCUT2D eigenvalue weighted by atomic mass is 9.63. The van der Waals surface area contributed by atoms with E-state index in [4.69, 9.17) is 23.7 Å². The second-order valence-corrected chi connectivity index (χ2v) is 10.9. The van der Waals surface area contributed by atoms with E-state index in [0.717, 1.165) is 32.1 Å². The van der Waals surface area contributed by atoms with E-state index in [9.17, 15) is 13.6 Å². The van der Waals surface area contributed by atoms with Crippen molar-refractivity contribution < 1.29 is 37.3 Å². The van der Waals surface area contributed by atoms with E-state index in [0.29, 0.717) is 44.6 Å². The van der Waals surface area contributed by atoms with Gasteiger partial charge in [0, 0.05) is 13.0 Å². The van der Waals surface area contributed by atoms with Gasteiger partial charge in [0.2, 0.25) is 5.82 Å². The Morgan fingerprint density at radius 3 is 2.53 bits per heavy atom. The minimum Gasteiger partial charge on any atom is -0.462 e. The highest BCUT2D eigenvalue weighted by molar-refractivity contribution is 5.71. The zero-order chi connectivity index (χ0) is 24.4. The third-order valence-corrected chi connectivity index (χ3v) is 7.11. The lowest BCUT2D eigenvalue weighted by molar-refractivity contribution is -0.195. The third kappa shape index (κ3) is 5.89. The average Bonchev–Trinajstić information content (AvgIpc) is 2.80. The summed E-state index contributed by atoms with van der Waals surface area (Å²) in [5.74, 6) is -2.41. The maximum atomic E-state index is 14.5. The molecule has 34 heavy (non-hydrogen) atoms. The van der Waals surface area contributed by atoms with Crippen molar-refractivity contribution in [2.75, 3.05) is 26.4 Å². The molecule has 6 nitrogen and oxygen atoms in total. The minimum absolute atomic E-state index is 0.0243. The highest BCUT2D eigenvalue weighted by atomic mass is 19.2. The van der Waals surface area contributed by atoms with Crippen LogP contribution in [-0.4, -0.2) is 44.3 Å². The standard InChI is InChI=1S/C26H36F2O6/c1-24(2,3)34-21(29)16-30-13-11-25-7-9-26(10-8-25,32-17-25)18-14-19(27)23(28)20(15-18)33-22-6-4-5-12-31-22/h14-15,22H,4-13,16-17H2,1-3H3. The fourth-order valence-corrected chi connectivity index (χ4v) is 5.13. The highest BCUT2D eigenvalue weighted by Crippen LogP contribution is 2.55. The van der Waals surface area contributed by atoms with Crippen LogP contribution >= 0.6 is 0 Å². The quantitative estimate of drug-likeness (QED) is 0.365. The summed E-state index contributed by atoms with van der Waals surface area (Å²) in [6.45, 7) is 6.92. The lowest BCUT2D eigenvalue weighted by Crippen LogP contribution is -2.49. The predicted molar refractivity (Wildman–Crippen MR) is 120 cm³/mol. The first-order valence-electron chi connectivity index (χ1n) is 12.3. The molecule has 190 valence electrons. The predicted octanol–water partition coefficient (Wildman–Crippen LogP) is 5.40. The van der Waals surface area contributed by atoms with Crippen molar-refractivity contribution in [2.45, 2.75) is 89.6 Å². The average molecular weight is 483 g/mol. The number of fused-ring (bicyclic) bond motifs is 3. The van der Waals surface area contributed by atoms with E-state index in [2.05, 4.69) is 0 Å². The van der Waals surface area contributed by atoms with Crippen LogP contribution < -0.4 is 4.74 Å². The molecule has 8 heteroatoms. The van der Waals surface area contributed by atoms with Crippen LogP contribution in [0.3, 0.4) is 0 Å². The van der Waals surface area contributed by atoms with Crippen LogP contribution in [0.25, 0.3) is 0 Å². The summed E-state index contributed by atoms with van der Waals surface area (Å²) >= 11 is 0. The van der Waals surface area contributed by atoms with E-state index in [1.807, 2.05) is 20.8 Å².